The predicted octanol–water partition coefficient (Wildman–Crippen LogP) is 4.05. The van der Waals surface area contributed by atoms with E-state index in [1.807, 2.05) is 0 Å². The second kappa shape index (κ2) is 9.72. The van der Waals surface area contributed by atoms with Crippen molar-refractivity contribution in [2.75, 3.05) is 25.0 Å². The third-order valence-electron chi connectivity index (χ3n) is 4.91. The van der Waals surface area contributed by atoms with Gasteiger partial charge in [-0.15, -0.1) is 11.3 Å². The van der Waals surface area contributed by atoms with E-state index < -0.39 is 21.9 Å². The lowest BCUT2D eigenvalue weighted by atomic mass is 10.2. The van der Waals surface area contributed by atoms with Crippen LogP contribution >= 0.6 is 11.3 Å². The van der Waals surface area contributed by atoms with Gasteiger partial charge in [0.05, 0.1) is 16.5 Å². The van der Waals surface area contributed by atoms with Gasteiger partial charge in [-0.3, -0.25) is 4.79 Å². The van der Waals surface area contributed by atoms with Crippen LogP contribution in [0.1, 0.15) is 58.2 Å². The number of sulfonamides is 1. The molecule has 0 saturated carbocycles. The van der Waals surface area contributed by atoms with Gasteiger partial charge in [-0.05, 0) is 56.5 Å². The summed E-state index contributed by atoms with van der Waals surface area (Å²) in [5, 5.41) is 3.25. The summed E-state index contributed by atoms with van der Waals surface area (Å²) in [6, 6.07) is 7.77. The van der Waals surface area contributed by atoms with Gasteiger partial charge in [0.1, 0.15) is 4.88 Å². The van der Waals surface area contributed by atoms with Gasteiger partial charge in [0.2, 0.25) is 10.0 Å². The number of carbonyl (C=O) groups excluding carboxylic acids is 2. The number of hydrogen-bond donors (Lipinski definition) is 1. The Labute approximate surface area is 181 Å². The van der Waals surface area contributed by atoms with Crippen molar-refractivity contribution in [1.82, 2.24) is 4.31 Å². The maximum Gasteiger partial charge on any atom is 0.348 e. The number of aryl methyl sites for hydroxylation is 1. The first-order chi connectivity index (χ1) is 14.3. The second-order valence-corrected chi connectivity index (χ2v) is 10.1. The molecule has 1 fully saturated rings. The van der Waals surface area contributed by atoms with E-state index >= 15 is 0 Å². The number of nitrogens with one attached hydrogen (secondary N) is 1. The van der Waals surface area contributed by atoms with Crippen molar-refractivity contribution in [3.63, 3.8) is 0 Å². The van der Waals surface area contributed by atoms with Gasteiger partial charge in [-0.25, -0.2) is 13.2 Å². The highest BCUT2D eigenvalue weighted by molar-refractivity contribution is 7.89. The minimum absolute atomic E-state index is 0.117. The molecular formula is C21H26N2O5S2. The highest BCUT2D eigenvalue weighted by atomic mass is 32.2. The minimum atomic E-state index is -3.64. The molecule has 2 heterocycles. The molecule has 0 atom stereocenters. The largest absolute Gasteiger partial charge is 0.462 e. The Balaban J connectivity index is 1.78. The van der Waals surface area contributed by atoms with Crippen molar-refractivity contribution >= 4 is 38.2 Å². The van der Waals surface area contributed by atoms with E-state index in [9.17, 15) is 18.0 Å². The predicted molar refractivity (Wildman–Crippen MR) is 117 cm³/mol. The summed E-state index contributed by atoms with van der Waals surface area (Å²) in [6.07, 6.45) is 3.75. The van der Waals surface area contributed by atoms with Crippen molar-refractivity contribution in [2.24, 2.45) is 0 Å². The van der Waals surface area contributed by atoms with E-state index in [0.29, 0.717) is 28.5 Å². The SMILES string of the molecule is CCOC(=O)c1sc(NC(=O)c2cccc(S(=O)(=O)N3CCCCCC3)c2)cc1C. The third-order valence-corrected chi connectivity index (χ3v) is 7.94. The highest BCUT2D eigenvalue weighted by Gasteiger charge is 2.26. The van der Waals surface area contributed by atoms with Gasteiger partial charge in [-0.1, -0.05) is 18.9 Å². The van der Waals surface area contributed by atoms with Crippen LogP contribution < -0.4 is 5.32 Å². The van der Waals surface area contributed by atoms with Gasteiger partial charge in [0.25, 0.3) is 5.91 Å². The van der Waals surface area contributed by atoms with Gasteiger partial charge in [0, 0.05) is 18.7 Å². The van der Waals surface area contributed by atoms with Crippen molar-refractivity contribution < 1.29 is 22.7 Å². The first kappa shape index (κ1) is 22.5. The molecule has 0 bridgehead atoms. The Hall–Kier alpha value is -2.23. The quantitative estimate of drug-likeness (QED) is 0.670. The number of rotatable bonds is 6. The molecule has 3 rings (SSSR count). The lowest BCUT2D eigenvalue weighted by molar-refractivity contribution is 0.0531. The first-order valence-electron chi connectivity index (χ1n) is 10.0. The number of esters is 1. The molecule has 0 unspecified atom stereocenters. The average Bonchev–Trinajstić information content (AvgIpc) is 2.92. The molecule has 0 radical (unpaired) electrons. The van der Waals surface area contributed by atoms with Gasteiger partial charge < -0.3 is 10.1 Å². The fourth-order valence-corrected chi connectivity index (χ4v) is 5.88. The van der Waals surface area contributed by atoms with Crippen molar-refractivity contribution in [1.29, 1.82) is 0 Å². The number of anilines is 1. The van der Waals surface area contributed by atoms with E-state index in [1.54, 1.807) is 32.0 Å². The summed E-state index contributed by atoms with van der Waals surface area (Å²) in [5.41, 5.74) is 0.959. The summed E-state index contributed by atoms with van der Waals surface area (Å²) in [7, 11) is -3.64. The van der Waals surface area contributed by atoms with Crippen LogP contribution in [0.3, 0.4) is 0 Å². The second-order valence-electron chi connectivity index (χ2n) is 7.14. The molecule has 1 aliphatic rings. The van der Waals surface area contributed by atoms with Crippen molar-refractivity contribution in [2.45, 2.75) is 44.4 Å². The Kier molecular flexibility index (Phi) is 7.27. The van der Waals surface area contributed by atoms with Crippen LogP contribution in [0.5, 0.6) is 0 Å². The standard InChI is InChI=1S/C21H26N2O5S2/c1-3-28-21(25)19-15(2)13-18(29-19)22-20(24)16-9-8-10-17(14-16)30(26,27)23-11-6-4-5-7-12-23/h8-10,13-14H,3-7,11-12H2,1-2H3,(H,22,24). The smallest absolute Gasteiger partial charge is 0.348 e. The summed E-state index contributed by atoms with van der Waals surface area (Å²) >= 11 is 1.13. The van der Waals surface area contributed by atoms with Crippen LogP contribution in [0.2, 0.25) is 0 Å². The number of benzene rings is 1. The van der Waals surface area contributed by atoms with E-state index in [1.165, 1.54) is 16.4 Å². The molecule has 30 heavy (non-hydrogen) atoms. The van der Waals surface area contributed by atoms with E-state index in [0.717, 1.165) is 37.0 Å². The molecule has 1 aromatic heterocycles. The van der Waals surface area contributed by atoms with Gasteiger partial charge in [0.15, 0.2) is 0 Å². The Bertz CT molecular complexity index is 1020. The molecule has 0 spiro atoms. The summed E-state index contributed by atoms with van der Waals surface area (Å²) in [4.78, 5) is 25.2. The number of carbonyl (C=O) groups is 2. The normalized spacial score (nSPS) is 15.4. The van der Waals surface area contributed by atoms with Gasteiger partial charge >= 0.3 is 5.97 Å². The van der Waals surface area contributed by atoms with Crippen LogP contribution in [0.4, 0.5) is 5.00 Å². The molecule has 9 heteroatoms. The lowest BCUT2D eigenvalue weighted by Gasteiger charge is -2.20. The Morgan fingerprint density at radius 3 is 2.50 bits per heavy atom. The number of amides is 1. The van der Waals surface area contributed by atoms with Crippen LogP contribution in [-0.2, 0) is 14.8 Å². The Morgan fingerprint density at radius 1 is 1.13 bits per heavy atom. The highest BCUT2D eigenvalue weighted by Crippen LogP contribution is 2.28. The number of thiophene rings is 1. The topological polar surface area (TPSA) is 92.8 Å². The molecule has 1 aromatic carbocycles. The molecule has 0 aliphatic carbocycles. The monoisotopic (exact) mass is 450 g/mol. The average molecular weight is 451 g/mol. The number of nitrogens with zero attached hydrogens (tertiary/aromatic N) is 1. The number of hydrogen-bond acceptors (Lipinski definition) is 6. The van der Waals surface area contributed by atoms with Gasteiger partial charge in [-0.2, -0.15) is 4.31 Å². The maximum atomic E-state index is 13.0. The molecule has 7 nitrogen and oxygen atoms in total. The number of ether oxygens (including phenoxy) is 1. The minimum Gasteiger partial charge on any atom is -0.462 e. The maximum absolute atomic E-state index is 13.0. The van der Waals surface area contributed by atoms with E-state index in [-0.39, 0.29) is 17.1 Å². The van der Waals surface area contributed by atoms with Crippen molar-refractivity contribution in [3.8, 4) is 0 Å². The fourth-order valence-electron chi connectivity index (χ4n) is 3.36. The molecule has 1 saturated heterocycles. The lowest BCUT2D eigenvalue weighted by Crippen LogP contribution is -2.32. The molecule has 162 valence electrons. The zero-order valence-corrected chi connectivity index (χ0v) is 18.8. The van der Waals surface area contributed by atoms with Crippen LogP contribution in [0.25, 0.3) is 0 Å². The molecule has 1 aliphatic heterocycles. The Morgan fingerprint density at radius 2 is 1.83 bits per heavy atom. The van der Waals surface area contributed by atoms with Crippen LogP contribution in [0, 0.1) is 6.92 Å². The van der Waals surface area contributed by atoms with Crippen LogP contribution in [0.15, 0.2) is 35.2 Å². The third kappa shape index (κ3) is 5.08. The molecular weight excluding hydrogens is 424 g/mol. The fraction of sp³-hybridized carbons (Fsp3) is 0.429. The van der Waals surface area contributed by atoms with E-state index in [4.69, 9.17) is 4.74 Å². The summed E-state index contributed by atoms with van der Waals surface area (Å²) in [6.45, 7) is 4.78. The summed E-state index contributed by atoms with van der Waals surface area (Å²) < 4.78 is 32.5. The summed E-state index contributed by atoms with van der Waals surface area (Å²) in [5.74, 6) is -0.856. The van der Waals surface area contributed by atoms with Crippen molar-refractivity contribution in [3.05, 3.63) is 46.3 Å². The molecule has 1 amide bonds. The van der Waals surface area contributed by atoms with Crippen LogP contribution in [-0.4, -0.2) is 44.3 Å². The zero-order chi connectivity index (χ0) is 21.7. The molecule has 1 N–H and O–H groups in total. The van der Waals surface area contributed by atoms with E-state index in [2.05, 4.69) is 5.32 Å². The zero-order valence-electron chi connectivity index (χ0n) is 17.1. The molecule has 2 aromatic rings. The first-order valence-corrected chi connectivity index (χ1v) is 12.3.